The number of anilines is 1. The first-order valence-corrected chi connectivity index (χ1v) is 6.72. The van der Waals surface area contributed by atoms with Gasteiger partial charge in [-0.2, -0.15) is 0 Å². The third-order valence-electron chi connectivity index (χ3n) is 3.53. The number of pyridine rings is 1. The lowest BCUT2D eigenvalue weighted by Crippen LogP contribution is -2.30. The first-order chi connectivity index (χ1) is 9.16. The zero-order chi connectivity index (χ0) is 13.7. The Kier molecular flexibility index (Phi) is 4.68. The summed E-state index contributed by atoms with van der Waals surface area (Å²) in [5.74, 6) is 1.28. The minimum atomic E-state index is -0.368. The summed E-state index contributed by atoms with van der Waals surface area (Å²) in [6, 6.07) is 1.51. The van der Waals surface area contributed by atoms with Gasteiger partial charge in [0.15, 0.2) is 0 Å². The molecular formula is C13H20N4O2. The Morgan fingerprint density at radius 3 is 3.16 bits per heavy atom. The summed E-state index contributed by atoms with van der Waals surface area (Å²) in [7, 11) is 0. The van der Waals surface area contributed by atoms with Crippen molar-refractivity contribution in [1.82, 2.24) is 10.3 Å². The summed E-state index contributed by atoms with van der Waals surface area (Å²) < 4.78 is 0. The number of nitrogens with one attached hydrogen (secondary N) is 2. The molecule has 2 N–H and O–H groups in total. The number of hydrogen-bond acceptors (Lipinski definition) is 5. The number of rotatable bonds is 5. The van der Waals surface area contributed by atoms with E-state index in [1.54, 1.807) is 13.1 Å². The van der Waals surface area contributed by atoms with E-state index in [2.05, 4.69) is 15.6 Å². The summed E-state index contributed by atoms with van der Waals surface area (Å²) >= 11 is 0. The molecule has 2 heterocycles. The van der Waals surface area contributed by atoms with Crippen LogP contribution in [0.15, 0.2) is 12.3 Å². The van der Waals surface area contributed by atoms with Crippen molar-refractivity contribution in [2.45, 2.75) is 26.2 Å². The number of aromatic nitrogens is 1. The summed E-state index contributed by atoms with van der Waals surface area (Å²) in [5.41, 5.74) is 0.712. The van der Waals surface area contributed by atoms with E-state index in [1.807, 2.05) is 0 Å². The molecule has 6 nitrogen and oxygen atoms in total. The highest BCUT2D eigenvalue weighted by Gasteiger charge is 2.14. The van der Waals surface area contributed by atoms with Crippen molar-refractivity contribution >= 4 is 11.5 Å². The molecule has 0 radical (unpaired) electrons. The largest absolute Gasteiger partial charge is 0.370 e. The monoisotopic (exact) mass is 264 g/mol. The average molecular weight is 264 g/mol. The Morgan fingerprint density at radius 2 is 2.47 bits per heavy atom. The zero-order valence-corrected chi connectivity index (χ0v) is 11.2. The maximum absolute atomic E-state index is 10.8. The second kappa shape index (κ2) is 6.47. The van der Waals surface area contributed by atoms with Gasteiger partial charge in [0.2, 0.25) is 0 Å². The molecule has 1 atom stereocenters. The Morgan fingerprint density at radius 1 is 1.63 bits per heavy atom. The van der Waals surface area contributed by atoms with E-state index in [0.29, 0.717) is 17.3 Å². The fourth-order valence-electron chi connectivity index (χ4n) is 2.38. The number of hydrogen-bond donors (Lipinski definition) is 2. The highest BCUT2D eigenvalue weighted by molar-refractivity contribution is 5.48. The molecular weight excluding hydrogens is 244 g/mol. The molecule has 1 fully saturated rings. The van der Waals surface area contributed by atoms with Gasteiger partial charge in [-0.15, -0.1) is 0 Å². The molecule has 1 aliphatic heterocycles. The molecule has 104 valence electrons. The van der Waals surface area contributed by atoms with Crippen LogP contribution in [-0.4, -0.2) is 29.5 Å². The fraction of sp³-hybridized carbons (Fsp3) is 0.615. The highest BCUT2D eigenvalue weighted by atomic mass is 16.6. The lowest BCUT2D eigenvalue weighted by atomic mass is 9.96. The summed E-state index contributed by atoms with van der Waals surface area (Å²) in [6.45, 7) is 4.70. The topological polar surface area (TPSA) is 80.1 Å². The fourth-order valence-corrected chi connectivity index (χ4v) is 2.38. The molecule has 1 aromatic heterocycles. The van der Waals surface area contributed by atoms with Gasteiger partial charge in [0.25, 0.3) is 5.69 Å². The lowest BCUT2D eigenvalue weighted by Gasteiger charge is -2.22. The quantitative estimate of drug-likeness (QED) is 0.629. The van der Waals surface area contributed by atoms with Gasteiger partial charge >= 0.3 is 0 Å². The smallest absolute Gasteiger partial charge is 0.277 e. The minimum absolute atomic E-state index is 0.122. The lowest BCUT2D eigenvalue weighted by molar-refractivity contribution is -0.385. The van der Waals surface area contributed by atoms with Crippen molar-refractivity contribution < 1.29 is 4.92 Å². The molecule has 19 heavy (non-hydrogen) atoms. The van der Waals surface area contributed by atoms with E-state index in [9.17, 15) is 10.1 Å². The van der Waals surface area contributed by atoms with Crippen LogP contribution >= 0.6 is 0 Å². The van der Waals surface area contributed by atoms with Crippen LogP contribution in [0.2, 0.25) is 0 Å². The van der Waals surface area contributed by atoms with Crippen LogP contribution in [0.1, 0.15) is 24.8 Å². The van der Waals surface area contributed by atoms with E-state index in [0.717, 1.165) is 26.1 Å². The van der Waals surface area contributed by atoms with E-state index in [1.165, 1.54) is 18.9 Å². The van der Waals surface area contributed by atoms with Crippen molar-refractivity contribution in [3.05, 3.63) is 27.9 Å². The van der Waals surface area contributed by atoms with Crippen molar-refractivity contribution in [1.29, 1.82) is 0 Å². The molecule has 0 bridgehead atoms. The van der Waals surface area contributed by atoms with Crippen molar-refractivity contribution in [2.75, 3.05) is 25.0 Å². The average Bonchev–Trinajstić information content (AvgIpc) is 2.41. The van der Waals surface area contributed by atoms with Gasteiger partial charge in [-0.05, 0) is 45.2 Å². The van der Waals surface area contributed by atoms with Crippen LogP contribution < -0.4 is 10.6 Å². The summed E-state index contributed by atoms with van der Waals surface area (Å²) in [5, 5.41) is 17.4. The normalized spacial score (nSPS) is 19.1. The van der Waals surface area contributed by atoms with Crippen molar-refractivity contribution in [2.24, 2.45) is 5.92 Å². The second-order valence-electron chi connectivity index (χ2n) is 5.04. The molecule has 0 aromatic carbocycles. The molecule has 0 aliphatic carbocycles. The number of aryl methyl sites for hydroxylation is 1. The van der Waals surface area contributed by atoms with Gasteiger partial charge in [-0.1, -0.05) is 0 Å². The summed E-state index contributed by atoms with van der Waals surface area (Å²) in [4.78, 5) is 14.6. The molecule has 6 heteroatoms. The highest BCUT2D eigenvalue weighted by Crippen LogP contribution is 2.20. The van der Waals surface area contributed by atoms with Crippen LogP contribution in [-0.2, 0) is 0 Å². The standard InChI is InChI=1S/C13H20N4O2/c1-10-8-16-13(7-12(10)17(18)19)15-6-4-11-3-2-5-14-9-11/h7-8,11,14H,2-6,9H2,1H3,(H,15,16). The van der Waals surface area contributed by atoms with E-state index < -0.39 is 0 Å². The van der Waals surface area contributed by atoms with Gasteiger partial charge in [-0.3, -0.25) is 10.1 Å². The van der Waals surface area contributed by atoms with Crippen LogP contribution in [0.5, 0.6) is 0 Å². The Balaban J connectivity index is 1.85. The molecule has 0 spiro atoms. The van der Waals surface area contributed by atoms with E-state index >= 15 is 0 Å². The molecule has 0 saturated carbocycles. The number of nitro groups is 1. The van der Waals surface area contributed by atoms with E-state index in [-0.39, 0.29) is 10.6 Å². The van der Waals surface area contributed by atoms with Gasteiger partial charge in [0.05, 0.1) is 11.0 Å². The molecule has 1 aliphatic rings. The Labute approximate surface area is 112 Å². The first kappa shape index (κ1) is 13.7. The molecule has 1 unspecified atom stereocenters. The van der Waals surface area contributed by atoms with Crippen LogP contribution in [0.3, 0.4) is 0 Å². The maximum Gasteiger partial charge on any atom is 0.277 e. The SMILES string of the molecule is Cc1cnc(NCCC2CCCNC2)cc1[N+](=O)[O-]. The van der Waals surface area contributed by atoms with Gasteiger partial charge in [0.1, 0.15) is 5.82 Å². The second-order valence-corrected chi connectivity index (χ2v) is 5.04. The van der Waals surface area contributed by atoms with Gasteiger partial charge in [0, 0.05) is 18.3 Å². The Hall–Kier alpha value is -1.69. The molecule has 0 amide bonds. The molecule has 1 saturated heterocycles. The number of nitrogens with zero attached hydrogens (tertiary/aromatic N) is 2. The van der Waals surface area contributed by atoms with E-state index in [4.69, 9.17) is 0 Å². The maximum atomic E-state index is 10.8. The summed E-state index contributed by atoms with van der Waals surface area (Å²) in [6.07, 6.45) is 5.11. The van der Waals surface area contributed by atoms with Crippen LogP contribution in [0, 0.1) is 23.0 Å². The first-order valence-electron chi connectivity index (χ1n) is 6.72. The predicted molar refractivity (Wildman–Crippen MR) is 74.3 cm³/mol. The van der Waals surface area contributed by atoms with Crippen LogP contribution in [0.4, 0.5) is 11.5 Å². The van der Waals surface area contributed by atoms with Crippen molar-refractivity contribution in [3.8, 4) is 0 Å². The third kappa shape index (κ3) is 3.89. The zero-order valence-electron chi connectivity index (χ0n) is 11.2. The Bertz CT molecular complexity index is 444. The van der Waals surface area contributed by atoms with Gasteiger partial charge in [-0.25, -0.2) is 4.98 Å². The minimum Gasteiger partial charge on any atom is -0.370 e. The molecule has 1 aromatic rings. The van der Waals surface area contributed by atoms with Crippen molar-refractivity contribution in [3.63, 3.8) is 0 Å². The predicted octanol–water partition coefficient (Wildman–Crippen LogP) is 2.10. The van der Waals surface area contributed by atoms with Gasteiger partial charge < -0.3 is 10.6 Å². The third-order valence-corrected chi connectivity index (χ3v) is 3.53. The molecule has 2 rings (SSSR count). The number of piperidine rings is 1. The van der Waals surface area contributed by atoms with Crippen LogP contribution in [0.25, 0.3) is 0 Å².